The van der Waals surface area contributed by atoms with Gasteiger partial charge in [-0.15, -0.1) is 0 Å². The summed E-state index contributed by atoms with van der Waals surface area (Å²) in [6.07, 6.45) is 7.11. The van der Waals surface area contributed by atoms with E-state index < -0.39 is 0 Å². The third-order valence-electron chi connectivity index (χ3n) is 4.15. The van der Waals surface area contributed by atoms with E-state index in [4.69, 9.17) is 0 Å². The molecule has 94 valence electrons. The largest absolute Gasteiger partial charge is 0.312 e. The Morgan fingerprint density at radius 2 is 1.94 bits per heavy atom. The summed E-state index contributed by atoms with van der Waals surface area (Å²) in [5.74, 6) is 1.96. The minimum absolute atomic E-state index is 0.769. The van der Waals surface area contributed by atoms with E-state index in [1.54, 1.807) is 0 Å². The molecular formula is C14H28N2. The van der Waals surface area contributed by atoms with Crippen LogP contribution in [0.1, 0.15) is 46.0 Å². The molecule has 1 N–H and O–H groups in total. The van der Waals surface area contributed by atoms with Crippen LogP contribution < -0.4 is 5.32 Å². The molecule has 2 atom stereocenters. The number of likely N-dealkylation sites (N-methyl/N-ethyl adjacent to an activating group) is 1. The van der Waals surface area contributed by atoms with Crippen LogP contribution in [-0.2, 0) is 0 Å². The molecule has 1 heterocycles. The summed E-state index contributed by atoms with van der Waals surface area (Å²) in [5.41, 5.74) is 0. The molecule has 0 radical (unpaired) electrons. The van der Waals surface area contributed by atoms with Crippen LogP contribution in [0.15, 0.2) is 0 Å². The van der Waals surface area contributed by atoms with E-state index in [2.05, 4.69) is 24.1 Å². The summed E-state index contributed by atoms with van der Waals surface area (Å²) >= 11 is 0. The molecule has 0 aromatic rings. The van der Waals surface area contributed by atoms with E-state index in [9.17, 15) is 0 Å². The molecule has 0 aromatic heterocycles. The summed E-state index contributed by atoms with van der Waals surface area (Å²) in [6, 6.07) is 0.769. The van der Waals surface area contributed by atoms with Crippen molar-refractivity contribution in [3.8, 4) is 0 Å². The Morgan fingerprint density at radius 3 is 2.56 bits per heavy atom. The fourth-order valence-corrected chi connectivity index (χ4v) is 2.98. The van der Waals surface area contributed by atoms with Gasteiger partial charge in [0, 0.05) is 19.1 Å². The fourth-order valence-electron chi connectivity index (χ4n) is 2.98. The maximum absolute atomic E-state index is 3.79. The first-order chi connectivity index (χ1) is 7.81. The summed E-state index contributed by atoms with van der Waals surface area (Å²) < 4.78 is 0. The van der Waals surface area contributed by atoms with Crippen LogP contribution in [0, 0.1) is 11.8 Å². The summed E-state index contributed by atoms with van der Waals surface area (Å²) in [4.78, 5) is 2.63. The second-order valence-electron chi connectivity index (χ2n) is 5.79. The molecule has 1 saturated heterocycles. The van der Waals surface area contributed by atoms with Crippen molar-refractivity contribution in [2.75, 3.05) is 26.2 Å². The van der Waals surface area contributed by atoms with Gasteiger partial charge in [-0.25, -0.2) is 0 Å². The van der Waals surface area contributed by atoms with E-state index in [-0.39, 0.29) is 0 Å². The predicted molar refractivity (Wildman–Crippen MR) is 69.6 cm³/mol. The van der Waals surface area contributed by atoms with E-state index in [0.29, 0.717) is 0 Å². The van der Waals surface area contributed by atoms with Gasteiger partial charge in [0.2, 0.25) is 0 Å². The van der Waals surface area contributed by atoms with Crippen molar-refractivity contribution in [3.05, 3.63) is 0 Å². The fraction of sp³-hybridized carbons (Fsp3) is 1.00. The summed E-state index contributed by atoms with van der Waals surface area (Å²) in [5, 5.41) is 3.79. The monoisotopic (exact) mass is 224 g/mol. The molecule has 1 aliphatic carbocycles. The number of hydrogen-bond donors (Lipinski definition) is 1. The van der Waals surface area contributed by atoms with E-state index in [0.717, 1.165) is 17.9 Å². The first-order valence-electron chi connectivity index (χ1n) is 7.27. The highest BCUT2D eigenvalue weighted by molar-refractivity contribution is 4.85. The molecule has 1 aliphatic heterocycles. The molecule has 0 aromatic carbocycles. The van der Waals surface area contributed by atoms with E-state index in [1.165, 1.54) is 58.3 Å². The highest BCUT2D eigenvalue weighted by atomic mass is 15.2. The molecule has 2 nitrogen and oxygen atoms in total. The Bertz CT molecular complexity index is 201. The summed E-state index contributed by atoms with van der Waals surface area (Å²) in [6.45, 7) is 9.74. The van der Waals surface area contributed by atoms with Gasteiger partial charge in [-0.05, 0) is 50.6 Å². The van der Waals surface area contributed by atoms with Crippen molar-refractivity contribution < 1.29 is 0 Å². The van der Waals surface area contributed by atoms with Gasteiger partial charge in [0.25, 0.3) is 0 Å². The lowest BCUT2D eigenvalue weighted by atomic mass is 9.90. The smallest absolute Gasteiger partial charge is 0.0198 e. The van der Waals surface area contributed by atoms with Crippen molar-refractivity contribution in [1.29, 1.82) is 0 Å². The maximum atomic E-state index is 3.79. The van der Waals surface area contributed by atoms with Crippen LogP contribution in [0.3, 0.4) is 0 Å². The highest BCUT2D eigenvalue weighted by Crippen LogP contribution is 2.28. The Kier molecular flexibility index (Phi) is 4.66. The van der Waals surface area contributed by atoms with Crippen LogP contribution in [0.5, 0.6) is 0 Å². The zero-order chi connectivity index (χ0) is 11.4. The zero-order valence-corrected chi connectivity index (χ0v) is 11.0. The van der Waals surface area contributed by atoms with Crippen molar-refractivity contribution in [2.45, 2.75) is 52.0 Å². The lowest BCUT2D eigenvalue weighted by Gasteiger charge is -2.37. The third-order valence-corrected chi connectivity index (χ3v) is 4.15. The van der Waals surface area contributed by atoms with Crippen LogP contribution >= 0.6 is 0 Å². The molecule has 1 saturated carbocycles. The second kappa shape index (κ2) is 6.02. The van der Waals surface area contributed by atoms with E-state index >= 15 is 0 Å². The Hall–Kier alpha value is -0.0800. The van der Waals surface area contributed by atoms with Gasteiger partial charge >= 0.3 is 0 Å². The van der Waals surface area contributed by atoms with Crippen molar-refractivity contribution in [3.63, 3.8) is 0 Å². The number of rotatable bonds is 6. The SMILES string of the molecule is CCCC1CC(NCC2CC2)CN(CC)C1. The molecule has 2 unspecified atom stereocenters. The van der Waals surface area contributed by atoms with Gasteiger partial charge in [0.15, 0.2) is 0 Å². The highest BCUT2D eigenvalue weighted by Gasteiger charge is 2.27. The van der Waals surface area contributed by atoms with Gasteiger partial charge in [-0.1, -0.05) is 20.3 Å². The minimum atomic E-state index is 0.769. The average molecular weight is 224 g/mol. The molecule has 16 heavy (non-hydrogen) atoms. The van der Waals surface area contributed by atoms with Crippen LogP contribution in [0.2, 0.25) is 0 Å². The Balaban J connectivity index is 1.75. The van der Waals surface area contributed by atoms with Crippen LogP contribution in [0.25, 0.3) is 0 Å². The Morgan fingerprint density at radius 1 is 1.12 bits per heavy atom. The van der Waals surface area contributed by atoms with Crippen LogP contribution in [0.4, 0.5) is 0 Å². The maximum Gasteiger partial charge on any atom is 0.0198 e. The normalized spacial score (nSPS) is 31.9. The molecule has 2 heteroatoms. The molecule has 2 rings (SSSR count). The number of nitrogens with zero attached hydrogens (tertiary/aromatic N) is 1. The standard InChI is InChI=1S/C14H28N2/c1-3-5-13-8-14(11-16(4-2)10-13)15-9-12-6-7-12/h12-15H,3-11H2,1-2H3. The van der Waals surface area contributed by atoms with Crippen molar-refractivity contribution in [2.24, 2.45) is 11.8 Å². The lowest BCUT2D eigenvalue weighted by Crippen LogP contribution is -2.49. The predicted octanol–water partition coefficient (Wildman–Crippen LogP) is 2.50. The zero-order valence-electron chi connectivity index (χ0n) is 11.0. The topological polar surface area (TPSA) is 15.3 Å². The number of hydrogen-bond acceptors (Lipinski definition) is 2. The quantitative estimate of drug-likeness (QED) is 0.746. The first-order valence-corrected chi connectivity index (χ1v) is 7.27. The van der Waals surface area contributed by atoms with E-state index in [1.807, 2.05) is 0 Å². The Labute approximate surface area is 101 Å². The molecule has 0 spiro atoms. The molecule has 2 fully saturated rings. The van der Waals surface area contributed by atoms with Gasteiger partial charge in [0.05, 0.1) is 0 Å². The van der Waals surface area contributed by atoms with Crippen molar-refractivity contribution in [1.82, 2.24) is 10.2 Å². The molecular weight excluding hydrogens is 196 g/mol. The third kappa shape index (κ3) is 3.74. The molecule has 2 aliphatic rings. The number of likely N-dealkylation sites (tertiary alicyclic amines) is 1. The molecule has 0 amide bonds. The van der Waals surface area contributed by atoms with Gasteiger partial charge in [-0.3, -0.25) is 0 Å². The lowest BCUT2D eigenvalue weighted by molar-refractivity contribution is 0.141. The second-order valence-corrected chi connectivity index (χ2v) is 5.79. The van der Waals surface area contributed by atoms with Crippen LogP contribution in [-0.4, -0.2) is 37.1 Å². The minimum Gasteiger partial charge on any atom is -0.312 e. The molecule has 0 bridgehead atoms. The number of piperidine rings is 1. The summed E-state index contributed by atoms with van der Waals surface area (Å²) in [7, 11) is 0. The van der Waals surface area contributed by atoms with Gasteiger partial charge in [0.1, 0.15) is 0 Å². The van der Waals surface area contributed by atoms with Gasteiger partial charge in [-0.2, -0.15) is 0 Å². The number of nitrogens with one attached hydrogen (secondary N) is 1. The van der Waals surface area contributed by atoms with Crippen molar-refractivity contribution >= 4 is 0 Å². The average Bonchev–Trinajstić information content (AvgIpc) is 3.10. The van der Waals surface area contributed by atoms with Gasteiger partial charge < -0.3 is 10.2 Å². The first kappa shape index (κ1) is 12.4.